The predicted molar refractivity (Wildman–Crippen MR) is 73.3 cm³/mol. The molecule has 0 aliphatic rings. The molecule has 0 fully saturated rings. The molecule has 0 saturated carbocycles. The monoisotopic (exact) mass is 293 g/mol. The summed E-state index contributed by atoms with van der Waals surface area (Å²) < 4.78 is 0. The molecular weight excluding hydrogens is 286 g/mol. The van der Waals surface area contributed by atoms with Crippen LogP contribution in [0, 0.1) is 18.3 Å². The van der Waals surface area contributed by atoms with Gasteiger partial charge in [0.2, 0.25) is 0 Å². The van der Waals surface area contributed by atoms with Gasteiger partial charge in [0.05, 0.1) is 22.3 Å². The van der Waals surface area contributed by atoms with Gasteiger partial charge >= 0.3 is 5.97 Å². The molecule has 0 aliphatic carbocycles. The van der Waals surface area contributed by atoms with Crippen LogP contribution in [0.5, 0.6) is 0 Å². The average molecular weight is 294 g/mol. The van der Waals surface area contributed by atoms with Crippen LogP contribution >= 0.6 is 22.9 Å². The minimum Gasteiger partial charge on any atom is -0.476 e. The van der Waals surface area contributed by atoms with Gasteiger partial charge in [-0.05, 0) is 25.1 Å². The highest BCUT2D eigenvalue weighted by molar-refractivity contribution is 7.15. The largest absolute Gasteiger partial charge is 0.476 e. The number of anilines is 2. The van der Waals surface area contributed by atoms with Gasteiger partial charge in [-0.15, -0.1) is 11.3 Å². The molecular formula is C12H8ClN3O2S. The molecule has 0 saturated heterocycles. The lowest BCUT2D eigenvalue weighted by atomic mass is 10.2. The summed E-state index contributed by atoms with van der Waals surface area (Å²) in [5.41, 5.74) is 0.991. The molecule has 5 nitrogen and oxygen atoms in total. The number of aromatic nitrogens is 1. The molecule has 0 radical (unpaired) electrons. The number of thiazole rings is 1. The van der Waals surface area contributed by atoms with Crippen LogP contribution in [-0.2, 0) is 0 Å². The van der Waals surface area contributed by atoms with E-state index in [2.05, 4.69) is 10.3 Å². The Hall–Kier alpha value is -2.10. The third-order valence-corrected chi connectivity index (χ3v) is 3.55. The van der Waals surface area contributed by atoms with Crippen molar-refractivity contribution in [3.63, 3.8) is 0 Å². The summed E-state index contributed by atoms with van der Waals surface area (Å²) in [4.78, 5) is 15.5. The molecule has 19 heavy (non-hydrogen) atoms. The smallest absolute Gasteiger partial charge is 0.355 e. The molecule has 7 heteroatoms. The summed E-state index contributed by atoms with van der Waals surface area (Å²) in [5, 5.41) is 21.5. The summed E-state index contributed by atoms with van der Waals surface area (Å²) in [6.45, 7) is 1.68. The summed E-state index contributed by atoms with van der Waals surface area (Å²) >= 11 is 7.22. The van der Waals surface area contributed by atoms with Crippen LogP contribution in [-0.4, -0.2) is 16.1 Å². The molecule has 2 N–H and O–H groups in total. The number of aryl methyl sites for hydroxylation is 1. The van der Waals surface area contributed by atoms with E-state index in [0.29, 0.717) is 26.3 Å². The lowest BCUT2D eigenvalue weighted by Gasteiger charge is -2.05. The van der Waals surface area contributed by atoms with Crippen LogP contribution in [0.4, 0.5) is 10.8 Å². The highest BCUT2D eigenvalue weighted by Gasteiger charge is 2.14. The van der Waals surface area contributed by atoms with Gasteiger partial charge < -0.3 is 10.4 Å². The molecule has 1 aromatic heterocycles. The van der Waals surface area contributed by atoms with E-state index in [-0.39, 0.29) is 5.69 Å². The zero-order valence-corrected chi connectivity index (χ0v) is 11.3. The zero-order valence-electron chi connectivity index (χ0n) is 9.77. The van der Waals surface area contributed by atoms with E-state index in [4.69, 9.17) is 22.0 Å². The number of carboxylic acid groups (broad SMARTS) is 1. The van der Waals surface area contributed by atoms with Crippen molar-refractivity contribution in [3.8, 4) is 6.07 Å². The van der Waals surface area contributed by atoms with E-state index in [1.807, 2.05) is 6.07 Å². The van der Waals surface area contributed by atoms with Crippen molar-refractivity contribution < 1.29 is 9.90 Å². The first-order chi connectivity index (χ1) is 9.01. The molecule has 0 aliphatic heterocycles. The maximum absolute atomic E-state index is 10.9. The Morgan fingerprint density at radius 1 is 1.58 bits per heavy atom. The van der Waals surface area contributed by atoms with E-state index in [9.17, 15) is 4.79 Å². The van der Waals surface area contributed by atoms with Gasteiger partial charge in [0.25, 0.3) is 0 Å². The van der Waals surface area contributed by atoms with Gasteiger partial charge in [-0.2, -0.15) is 5.26 Å². The van der Waals surface area contributed by atoms with Crippen molar-refractivity contribution in [3.05, 3.63) is 39.4 Å². The Bertz CT molecular complexity index is 691. The molecule has 0 bridgehead atoms. The van der Waals surface area contributed by atoms with E-state index in [1.54, 1.807) is 25.1 Å². The van der Waals surface area contributed by atoms with Gasteiger partial charge in [0.1, 0.15) is 0 Å². The van der Waals surface area contributed by atoms with Crippen LogP contribution in [0.15, 0.2) is 18.2 Å². The highest BCUT2D eigenvalue weighted by atomic mass is 35.5. The minimum absolute atomic E-state index is 0.0139. The quantitative estimate of drug-likeness (QED) is 0.905. The molecule has 2 rings (SSSR count). The lowest BCUT2D eigenvalue weighted by molar-refractivity contribution is 0.0690. The van der Waals surface area contributed by atoms with Crippen molar-refractivity contribution in [1.29, 1.82) is 5.26 Å². The van der Waals surface area contributed by atoms with E-state index in [0.717, 1.165) is 0 Å². The number of hydrogen-bond acceptors (Lipinski definition) is 5. The van der Waals surface area contributed by atoms with Crippen LogP contribution in [0.1, 0.15) is 20.9 Å². The summed E-state index contributed by atoms with van der Waals surface area (Å²) in [6, 6.07) is 6.79. The normalized spacial score (nSPS) is 9.95. The van der Waals surface area contributed by atoms with E-state index in [1.165, 1.54) is 11.3 Å². The van der Waals surface area contributed by atoms with Crippen molar-refractivity contribution in [1.82, 2.24) is 4.98 Å². The number of rotatable bonds is 3. The van der Waals surface area contributed by atoms with Crippen LogP contribution < -0.4 is 5.32 Å². The molecule has 0 unspecified atom stereocenters. The second-order valence-corrected chi connectivity index (χ2v) is 5.27. The fourth-order valence-corrected chi connectivity index (χ4v) is 2.44. The Morgan fingerprint density at radius 2 is 2.32 bits per heavy atom. The Balaban J connectivity index is 2.34. The van der Waals surface area contributed by atoms with Crippen molar-refractivity contribution in [2.75, 3.05) is 5.32 Å². The van der Waals surface area contributed by atoms with Crippen molar-refractivity contribution >= 4 is 39.7 Å². The highest BCUT2D eigenvalue weighted by Crippen LogP contribution is 2.30. The molecule has 96 valence electrons. The number of hydrogen-bond donors (Lipinski definition) is 2. The molecule has 0 spiro atoms. The van der Waals surface area contributed by atoms with E-state index < -0.39 is 5.97 Å². The first-order valence-corrected chi connectivity index (χ1v) is 6.38. The number of benzene rings is 1. The molecule has 0 amide bonds. The maximum atomic E-state index is 10.9. The molecule has 2 aromatic rings. The Morgan fingerprint density at radius 3 is 2.89 bits per heavy atom. The predicted octanol–water partition coefficient (Wildman–Crippen LogP) is 3.42. The van der Waals surface area contributed by atoms with Crippen molar-refractivity contribution in [2.24, 2.45) is 0 Å². The average Bonchev–Trinajstić information content (AvgIpc) is 2.73. The second kappa shape index (κ2) is 5.26. The first-order valence-electron chi connectivity index (χ1n) is 5.18. The van der Waals surface area contributed by atoms with Gasteiger partial charge in [-0.1, -0.05) is 11.6 Å². The summed E-state index contributed by atoms with van der Waals surface area (Å²) in [5.74, 6) is -1.07. The van der Waals surface area contributed by atoms with Crippen LogP contribution in [0.25, 0.3) is 0 Å². The number of aromatic carboxylic acids is 1. The first kappa shape index (κ1) is 13.3. The van der Waals surface area contributed by atoms with Crippen LogP contribution in [0.3, 0.4) is 0 Å². The zero-order chi connectivity index (χ0) is 14.0. The molecule has 1 heterocycles. The number of carbonyl (C=O) groups is 1. The number of carboxylic acids is 1. The summed E-state index contributed by atoms with van der Waals surface area (Å²) in [7, 11) is 0. The standard InChI is InChI=1S/C12H8ClN3O2S/c1-6-10(11(17)18)16-12(19-6)15-9-4-7(5-14)2-3-8(9)13/h2-4H,1H3,(H,15,16)(H,17,18). The van der Waals surface area contributed by atoms with Crippen molar-refractivity contribution in [2.45, 2.75) is 6.92 Å². The topological polar surface area (TPSA) is 86.0 Å². The third-order valence-electron chi connectivity index (χ3n) is 2.34. The number of nitrogens with zero attached hydrogens (tertiary/aromatic N) is 2. The number of nitriles is 1. The molecule has 1 aromatic carbocycles. The SMILES string of the molecule is Cc1sc(Nc2cc(C#N)ccc2Cl)nc1C(=O)O. The minimum atomic E-state index is -1.07. The van der Waals surface area contributed by atoms with Gasteiger partial charge in [0, 0.05) is 4.88 Å². The summed E-state index contributed by atoms with van der Waals surface area (Å²) in [6.07, 6.45) is 0. The fourth-order valence-electron chi connectivity index (χ4n) is 1.45. The van der Waals surface area contributed by atoms with Crippen LogP contribution in [0.2, 0.25) is 5.02 Å². The van der Waals surface area contributed by atoms with Gasteiger partial charge in [-0.3, -0.25) is 0 Å². The fraction of sp³-hybridized carbons (Fsp3) is 0.0833. The Kier molecular flexibility index (Phi) is 3.69. The number of halogens is 1. The lowest BCUT2D eigenvalue weighted by Crippen LogP contribution is -1.99. The van der Waals surface area contributed by atoms with Gasteiger partial charge in [-0.25, -0.2) is 9.78 Å². The number of nitrogens with one attached hydrogen (secondary N) is 1. The maximum Gasteiger partial charge on any atom is 0.355 e. The van der Waals surface area contributed by atoms with Gasteiger partial charge in [0.15, 0.2) is 10.8 Å². The third kappa shape index (κ3) is 2.84. The second-order valence-electron chi connectivity index (χ2n) is 3.66. The van der Waals surface area contributed by atoms with E-state index >= 15 is 0 Å². The Labute approximate surface area is 118 Å². The molecule has 0 atom stereocenters.